The van der Waals surface area contributed by atoms with Crippen LogP contribution in [0, 0.1) is 0 Å². The number of carbonyl (C=O) groups is 1. The van der Waals surface area contributed by atoms with Gasteiger partial charge in [0.2, 0.25) is 5.91 Å². The van der Waals surface area contributed by atoms with Crippen LogP contribution in [0.4, 0.5) is 13.2 Å². The lowest BCUT2D eigenvalue weighted by Gasteiger charge is -2.18. The van der Waals surface area contributed by atoms with Gasteiger partial charge in [0, 0.05) is 19.2 Å². The van der Waals surface area contributed by atoms with E-state index in [1.807, 2.05) is 0 Å². The van der Waals surface area contributed by atoms with E-state index in [0.717, 1.165) is 4.90 Å². The van der Waals surface area contributed by atoms with Crippen LogP contribution in [0.1, 0.15) is 17.5 Å². The molecule has 1 rings (SSSR count). The van der Waals surface area contributed by atoms with Crippen molar-refractivity contribution in [2.45, 2.75) is 19.0 Å². The highest BCUT2D eigenvalue weighted by Crippen LogP contribution is 2.19. The summed E-state index contributed by atoms with van der Waals surface area (Å²) in [5.74, 6) is -0.364. The summed E-state index contributed by atoms with van der Waals surface area (Å²) in [6.07, 6.45) is -5.21. The molecule has 20 heavy (non-hydrogen) atoms. The lowest BCUT2D eigenvalue weighted by atomic mass is 10.1. The molecule has 0 atom stereocenters. The standard InChI is InChI=1S/C13H15F3N2OS/c1-18(7-6-13(14,15)16)11(19)8-9-2-4-10(5-3-9)12(17)20/h2-5H,6-8H2,1H3,(H2,17,20). The van der Waals surface area contributed by atoms with Crippen molar-refractivity contribution in [2.24, 2.45) is 5.73 Å². The zero-order valence-corrected chi connectivity index (χ0v) is 11.7. The molecule has 1 aromatic rings. The summed E-state index contributed by atoms with van der Waals surface area (Å²) >= 11 is 4.80. The fraction of sp³-hybridized carbons (Fsp3) is 0.385. The third kappa shape index (κ3) is 5.56. The van der Waals surface area contributed by atoms with Gasteiger partial charge in [-0.25, -0.2) is 0 Å². The summed E-state index contributed by atoms with van der Waals surface area (Å²) in [6, 6.07) is 6.73. The molecule has 0 fully saturated rings. The zero-order valence-electron chi connectivity index (χ0n) is 10.9. The summed E-state index contributed by atoms with van der Waals surface area (Å²) < 4.78 is 36.2. The Kier molecular flexibility index (Phi) is 5.50. The van der Waals surface area contributed by atoms with Crippen molar-refractivity contribution in [3.8, 4) is 0 Å². The zero-order chi connectivity index (χ0) is 15.3. The van der Waals surface area contributed by atoms with Gasteiger partial charge < -0.3 is 10.6 Å². The van der Waals surface area contributed by atoms with Crippen molar-refractivity contribution in [3.05, 3.63) is 35.4 Å². The fourth-order valence-corrected chi connectivity index (χ4v) is 1.65. The molecule has 0 aliphatic carbocycles. The van der Waals surface area contributed by atoms with Crippen LogP contribution < -0.4 is 5.73 Å². The Morgan fingerprint density at radius 1 is 1.30 bits per heavy atom. The Labute approximate surface area is 120 Å². The van der Waals surface area contributed by atoms with Crippen molar-refractivity contribution >= 4 is 23.1 Å². The molecule has 0 aromatic heterocycles. The minimum Gasteiger partial charge on any atom is -0.389 e. The summed E-state index contributed by atoms with van der Waals surface area (Å²) in [6.45, 7) is -0.340. The van der Waals surface area contributed by atoms with E-state index in [1.165, 1.54) is 7.05 Å². The van der Waals surface area contributed by atoms with E-state index in [4.69, 9.17) is 18.0 Å². The second-order valence-corrected chi connectivity index (χ2v) is 4.86. The molecule has 0 aliphatic heterocycles. The SMILES string of the molecule is CN(CCC(F)(F)F)C(=O)Cc1ccc(C(N)=S)cc1. The van der Waals surface area contributed by atoms with Gasteiger partial charge in [-0.3, -0.25) is 4.79 Å². The van der Waals surface area contributed by atoms with Gasteiger partial charge in [-0.05, 0) is 5.56 Å². The van der Waals surface area contributed by atoms with Crippen LogP contribution in [0.15, 0.2) is 24.3 Å². The maximum atomic E-state index is 12.1. The Balaban J connectivity index is 2.55. The van der Waals surface area contributed by atoms with Crippen molar-refractivity contribution in [2.75, 3.05) is 13.6 Å². The molecule has 0 saturated carbocycles. The van der Waals surface area contributed by atoms with Crippen LogP contribution in [0.3, 0.4) is 0 Å². The molecule has 7 heteroatoms. The first-order chi connectivity index (χ1) is 9.19. The van der Waals surface area contributed by atoms with E-state index in [-0.39, 0.29) is 23.9 Å². The van der Waals surface area contributed by atoms with Crippen LogP contribution in [-0.2, 0) is 11.2 Å². The van der Waals surface area contributed by atoms with Crippen LogP contribution >= 0.6 is 12.2 Å². The Morgan fingerprint density at radius 3 is 2.30 bits per heavy atom. The summed E-state index contributed by atoms with van der Waals surface area (Å²) in [7, 11) is 1.36. The van der Waals surface area contributed by atoms with E-state index in [0.29, 0.717) is 11.1 Å². The highest BCUT2D eigenvalue weighted by Gasteiger charge is 2.27. The van der Waals surface area contributed by atoms with E-state index in [1.54, 1.807) is 24.3 Å². The van der Waals surface area contributed by atoms with E-state index < -0.39 is 12.6 Å². The summed E-state index contributed by atoms with van der Waals surface area (Å²) in [5, 5.41) is 0. The number of benzene rings is 1. The molecule has 0 unspecified atom stereocenters. The molecule has 1 aromatic carbocycles. The third-order valence-electron chi connectivity index (χ3n) is 2.75. The van der Waals surface area contributed by atoms with Crippen molar-refractivity contribution in [1.29, 1.82) is 0 Å². The van der Waals surface area contributed by atoms with Crippen LogP contribution in [-0.4, -0.2) is 35.6 Å². The molecular weight excluding hydrogens is 289 g/mol. The Morgan fingerprint density at radius 2 is 1.85 bits per heavy atom. The number of amides is 1. The second kappa shape index (κ2) is 6.69. The van der Waals surface area contributed by atoms with Crippen LogP contribution in [0.2, 0.25) is 0 Å². The minimum atomic E-state index is -4.26. The molecule has 0 radical (unpaired) electrons. The number of thiocarbonyl (C=S) groups is 1. The fourth-order valence-electron chi connectivity index (χ4n) is 1.52. The maximum Gasteiger partial charge on any atom is 0.390 e. The summed E-state index contributed by atoms with van der Waals surface area (Å²) in [5.41, 5.74) is 6.83. The lowest BCUT2D eigenvalue weighted by molar-refractivity contribution is -0.143. The number of nitrogens with zero attached hydrogens (tertiary/aromatic N) is 1. The first kappa shape index (κ1) is 16.4. The van der Waals surface area contributed by atoms with Crippen molar-refractivity contribution in [3.63, 3.8) is 0 Å². The number of likely N-dealkylation sites (N-methyl/N-ethyl adjacent to an activating group) is 1. The number of hydrogen-bond donors (Lipinski definition) is 1. The Bertz CT molecular complexity index is 485. The number of halogens is 3. The van der Waals surface area contributed by atoms with E-state index >= 15 is 0 Å². The van der Waals surface area contributed by atoms with Crippen molar-refractivity contribution in [1.82, 2.24) is 4.90 Å². The highest BCUT2D eigenvalue weighted by molar-refractivity contribution is 7.80. The molecule has 0 spiro atoms. The quantitative estimate of drug-likeness (QED) is 0.849. The normalized spacial score (nSPS) is 11.2. The molecule has 3 nitrogen and oxygen atoms in total. The van der Waals surface area contributed by atoms with Gasteiger partial charge in [-0.1, -0.05) is 36.5 Å². The predicted octanol–water partition coefficient (Wildman–Crippen LogP) is 2.27. The van der Waals surface area contributed by atoms with Crippen LogP contribution in [0.5, 0.6) is 0 Å². The second-order valence-electron chi connectivity index (χ2n) is 4.42. The third-order valence-corrected chi connectivity index (χ3v) is 2.99. The highest BCUT2D eigenvalue weighted by atomic mass is 32.1. The molecular formula is C13H15F3N2OS. The van der Waals surface area contributed by atoms with E-state index in [9.17, 15) is 18.0 Å². The van der Waals surface area contributed by atoms with Gasteiger partial charge in [0.05, 0.1) is 12.8 Å². The van der Waals surface area contributed by atoms with Gasteiger partial charge >= 0.3 is 6.18 Å². The predicted molar refractivity (Wildman–Crippen MR) is 74.3 cm³/mol. The van der Waals surface area contributed by atoms with Gasteiger partial charge in [0.15, 0.2) is 0 Å². The van der Waals surface area contributed by atoms with Gasteiger partial charge in [-0.15, -0.1) is 0 Å². The molecule has 0 aliphatic rings. The van der Waals surface area contributed by atoms with Crippen LogP contribution in [0.25, 0.3) is 0 Å². The number of carbonyl (C=O) groups excluding carboxylic acids is 1. The van der Waals surface area contributed by atoms with Crippen molar-refractivity contribution < 1.29 is 18.0 Å². The number of nitrogens with two attached hydrogens (primary N) is 1. The monoisotopic (exact) mass is 304 g/mol. The molecule has 0 bridgehead atoms. The maximum absolute atomic E-state index is 12.1. The lowest BCUT2D eigenvalue weighted by Crippen LogP contribution is -2.31. The molecule has 1 amide bonds. The minimum absolute atomic E-state index is 0.0476. The first-order valence-electron chi connectivity index (χ1n) is 5.88. The average Bonchev–Trinajstić information content (AvgIpc) is 2.35. The topological polar surface area (TPSA) is 46.3 Å². The Hall–Kier alpha value is -1.63. The molecule has 0 saturated heterocycles. The molecule has 0 heterocycles. The smallest absolute Gasteiger partial charge is 0.389 e. The number of alkyl halides is 3. The summed E-state index contributed by atoms with van der Waals surface area (Å²) in [4.78, 5) is 13.1. The van der Waals surface area contributed by atoms with Gasteiger partial charge in [0.25, 0.3) is 0 Å². The van der Waals surface area contributed by atoms with E-state index in [2.05, 4.69) is 0 Å². The molecule has 2 N–H and O–H groups in total. The average molecular weight is 304 g/mol. The number of hydrogen-bond acceptors (Lipinski definition) is 2. The molecule has 110 valence electrons. The first-order valence-corrected chi connectivity index (χ1v) is 6.29. The van der Waals surface area contributed by atoms with Gasteiger partial charge in [0.1, 0.15) is 4.99 Å². The largest absolute Gasteiger partial charge is 0.390 e. The number of rotatable bonds is 5. The van der Waals surface area contributed by atoms with Gasteiger partial charge in [-0.2, -0.15) is 13.2 Å².